The largest absolute Gasteiger partial charge is 0.504 e. The van der Waals surface area contributed by atoms with Crippen LogP contribution in [0.3, 0.4) is 0 Å². The van der Waals surface area contributed by atoms with Crippen molar-refractivity contribution in [1.29, 1.82) is 0 Å². The number of hydrogen-bond acceptors (Lipinski definition) is 7. The molecule has 0 spiro atoms. The molecule has 4 aromatic carbocycles. The van der Waals surface area contributed by atoms with Crippen molar-refractivity contribution >= 4 is 17.7 Å². The van der Waals surface area contributed by atoms with Gasteiger partial charge >= 0.3 is 6.09 Å². The summed E-state index contributed by atoms with van der Waals surface area (Å²) in [6.45, 7) is 3.01. The number of benzene rings is 4. The van der Waals surface area contributed by atoms with Crippen LogP contribution in [0.5, 0.6) is 11.5 Å². The van der Waals surface area contributed by atoms with Crippen LogP contribution in [-0.2, 0) is 29.2 Å². The van der Waals surface area contributed by atoms with Gasteiger partial charge in [0.2, 0.25) is 5.91 Å². The molecule has 0 atom stereocenters. The molecule has 4 aromatic rings. The summed E-state index contributed by atoms with van der Waals surface area (Å²) in [5, 5.41) is 19.8. The summed E-state index contributed by atoms with van der Waals surface area (Å²) in [7, 11) is 1.53. The Balaban J connectivity index is 1.12. The number of piperidine rings is 1. The van der Waals surface area contributed by atoms with Gasteiger partial charge in [0.15, 0.2) is 11.5 Å². The maximum absolute atomic E-state index is 13.5. The van der Waals surface area contributed by atoms with Crippen molar-refractivity contribution in [2.45, 2.75) is 38.9 Å². The van der Waals surface area contributed by atoms with E-state index >= 15 is 0 Å². The van der Waals surface area contributed by atoms with E-state index in [0.717, 1.165) is 46.3 Å². The monoisotopic (exact) mass is 621 g/mol. The first-order chi connectivity index (χ1) is 22.5. The molecule has 9 heteroatoms. The van der Waals surface area contributed by atoms with Gasteiger partial charge in [-0.3, -0.25) is 4.79 Å². The van der Waals surface area contributed by atoms with Gasteiger partial charge in [0.1, 0.15) is 6.61 Å². The average molecular weight is 622 g/mol. The molecule has 239 valence electrons. The van der Waals surface area contributed by atoms with E-state index in [1.54, 1.807) is 17.1 Å². The highest BCUT2D eigenvalue weighted by Gasteiger charge is 2.28. The van der Waals surface area contributed by atoms with Crippen LogP contribution >= 0.6 is 0 Å². The van der Waals surface area contributed by atoms with E-state index in [4.69, 9.17) is 9.47 Å². The fraction of sp³-hybridized carbons (Fsp3) is 0.270. The molecule has 0 aromatic heterocycles. The van der Waals surface area contributed by atoms with Crippen LogP contribution in [-0.4, -0.2) is 48.9 Å². The molecule has 0 unspecified atom stereocenters. The summed E-state index contributed by atoms with van der Waals surface area (Å²) in [6, 6.07) is 31.1. The fourth-order valence-electron chi connectivity index (χ4n) is 5.44. The third-order valence-corrected chi connectivity index (χ3v) is 7.79. The van der Waals surface area contributed by atoms with Crippen LogP contribution in [0, 0.1) is 6.42 Å². The van der Waals surface area contributed by atoms with E-state index < -0.39 is 6.09 Å². The molecule has 9 nitrogen and oxygen atoms in total. The van der Waals surface area contributed by atoms with Crippen molar-refractivity contribution in [3.05, 3.63) is 120 Å². The lowest BCUT2D eigenvalue weighted by Gasteiger charge is -2.37. The van der Waals surface area contributed by atoms with Crippen molar-refractivity contribution in [3.63, 3.8) is 0 Å². The summed E-state index contributed by atoms with van der Waals surface area (Å²) < 4.78 is 10.9. The standard InChI is InChI=1S/C37H41N4O5/c1-45-35-24-30(17-18-34(35)42)26-38-25-28-11-10-12-29(23-28)27-39-36(43)19-22-46-37(44)41(40-20-8-3-9-21-40)33-16-7-6-15-32(33)31-13-4-2-5-14-31/h2-7,10-18,23-24,38,42H,8-9,19-22,25-27H2,1H3,(H,39,43). The highest BCUT2D eigenvalue weighted by atomic mass is 16.6. The maximum atomic E-state index is 13.5. The zero-order valence-corrected chi connectivity index (χ0v) is 26.2. The first kappa shape index (κ1) is 32.5. The third kappa shape index (κ3) is 8.87. The van der Waals surface area contributed by atoms with Crippen molar-refractivity contribution in [2.24, 2.45) is 0 Å². The van der Waals surface area contributed by atoms with Crippen LogP contribution in [0.2, 0.25) is 0 Å². The molecule has 5 rings (SSSR count). The summed E-state index contributed by atoms with van der Waals surface area (Å²) in [5.74, 6) is 0.363. The number of carbonyl (C=O) groups excluding carboxylic acids is 2. The number of phenols is 1. The second-order valence-corrected chi connectivity index (χ2v) is 11.1. The number of amides is 2. The topological polar surface area (TPSA) is 103 Å². The molecule has 0 bridgehead atoms. The van der Waals surface area contributed by atoms with Crippen molar-refractivity contribution < 1.29 is 24.2 Å². The number of aromatic hydroxyl groups is 1. The summed E-state index contributed by atoms with van der Waals surface area (Å²) >= 11 is 0. The lowest BCUT2D eigenvalue weighted by Crippen LogP contribution is -2.50. The molecule has 1 saturated heterocycles. The Morgan fingerprint density at radius 3 is 2.28 bits per heavy atom. The highest BCUT2D eigenvalue weighted by Crippen LogP contribution is 2.33. The normalized spacial score (nSPS) is 13.2. The van der Waals surface area contributed by atoms with E-state index in [0.29, 0.717) is 38.5 Å². The molecular weight excluding hydrogens is 580 g/mol. The van der Waals surface area contributed by atoms with Gasteiger partial charge in [-0.1, -0.05) is 78.9 Å². The molecule has 1 radical (unpaired) electrons. The summed E-state index contributed by atoms with van der Waals surface area (Å²) in [5.41, 5.74) is 5.75. The van der Waals surface area contributed by atoms with Gasteiger partial charge in [0.25, 0.3) is 0 Å². The SMILES string of the molecule is COc1cc(CNCc2cccc(CNC(=O)CCOC(=O)N(c3ccccc3-c3ccccc3)N3CC[CH]CC3)c2)ccc1O. The Morgan fingerprint density at radius 1 is 0.826 bits per heavy atom. The average Bonchev–Trinajstić information content (AvgIpc) is 3.09. The fourth-order valence-corrected chi connectivity index (χ4v) is 5.44. The maximum Gasteiger partial charge on any atom is 0.429 e. The molecule has 1 fully saturated rings. The molecule has 2 amide bonds. The van der Waals surface area contributed by atoms with E-state index in [-0.39, 0.29) is 24.7 Å². The minimum absolute atomic E-state index is 0.0271. The number of carbonyl (C=O) groups is 2. The smallest absolute Gasteiger partial charge is 0.429 e. The quantitative estimate of drug-likeness (QED) is 0.163. The van der Waals surface area contributed by atoms with Gasteiger partial charge < -0.3 is 25.2 Å². The van der Waals surface area contributed by atoms with Crippen LogP contribution < -0.4 is 20.4 Å². The zero-order chi connectivity index (χ0) is 32.1. The van der Waals surface area contributed by atoms with Crippen LogP contribution in [0.25, 0.3) is 11.1 Å². The number of nitrogens with one attached hydrogen (secondary N) is 2. The number of hydrogen-bond donors (Lipinski definition) is 3. The Kier molecular flexibility index (Phi) is 11.6. The third-order valence-electron chi connectivity index (χ3n) is 7.79. The van der Waals surface area contributed by atoms with Gasteiger partial charge in [-0.15, -0.1) is 0 Å². The number of para-hydroxylation sites is 1. The number of hydrazine groups is 1. The van der Waals surface area contributed by atoms with E-state index in [9.17, 15) is 14.7 Å². The second-order valence-electron chi connectivity index (χ2n) is 11.1. The van der Waals surface area contributed by atoms with Gasteiger partial charge in [0.05, 0.1) is 19.2 Å². The molecular formula is C37H41N4O5. The van der Waals surface area contributed by atoms with Gasteiger partial charge in [0, 0.05) is 38.3 Å². The number of rotatable bonds is 13. The highest BCUT2D eigenvalue weighted by molar-refractivity contribution is 5.93. The first-order valence-corrected chi connectivity index (χ1v) is 15.6. The molecule has 1 aliphatic heterocycles. The molecule has 0 saturated carbocycles. The Labute approximate surface area is 270 Å². The molecule has 0 aliphatic carbocycles. The van der Waals surface area contributed by atoms with Crippen LogP contribution in [0.4, 0.5) is 10.5 Å². The molecule has 46 heavy (non-hydrogen) atoms. The Morgan fingerprint density at radius 2 is 1.52 bits per heavy atom. The lowest BCUT2D eigenvalue weighted by atomic mass is 10.0. The number of ether oxygens (including phenoxy) is 2. The van der Waals surface area contributed by atoms with Crippen molar-refractivity contribution in [1.82, 2.24) is 15.6 Å². The second kappa shape index (κ2) is 16.5. The Hall–Kier alpha value is -4.86. The van der Waals surface area contributed by atoms with Gasteiger partial charge in [-0.25, -0.2) is 14.8 Å². The number of nitrogens with zero attached hydrogens (tertiary/aromatic N) is 2. The first-order valence-electron chi connectivity index (χ1n) is 15.6. The summed E-state index contributed by atoms with van der Waals surface area (Å²) in [6.07, 6.45) is 3.55. The van der Waals surface area contributed by atoms with Crippen molar-refractivity contribution in [2.75, 3.05) is 31.8 Å². The molecule has 1 aliphatic rings. The van der Waals surface area contributed by atoms with Gasteiger partial charge in [-0.05, 0) is 59.7 Å². The predicted octanol–water partition coefficient (Wildman–Crippen LogP) is 6.22. The van der Waals surface area contributed by atoms with Crippen molar-refractivity contribution in [3.8, 4) is 22.6 Å². The number of anilines is 1. The van der Waals surface area contributed by atoms with Gasteiger partial charge in [-0.2, -0.15) is 0 Å². The lowest BCUT2D eigenvalue weighted by molar-refractivity contribution is -0.121. The van der Waals surface area contributed by atoms with Crippen LogP contribution in [0.1, 0.15) is 36.0 Å². The van der Waals surface area contributed by atoms with E-state index in [1.807, 2.05) is 89.9 Å². The number of phenolic OH excluding ortho intramolecular Hbond substituents is 1. The predicted molar refractivity (Wildman–Crippen MR) is 179 cm³/mol. The van der Waals surface area contributed by atoms with Crippen LogP contribution in [0.15, 0.2) is 97.1 Å². The molecule has 1 heterocycles. The van der Waals surface area contributed by atoms with E-state index in [2.05, 4.69) is 17.1 Å². The van der Waals surface area contributed by atoms with E-state index in [1.165, 1.54) is 7.11 Å². The Bertz CT molecular complexity index is 1590. The minimum atomic E-state index is -0.496. The number of methoxy groups -OCH3 is 1. The minimum Gasteiger partial charge on any atom is -0.504 e. The summed E-state index contributed by atoms with van der Waals surface area (Å²) in [4.78, 5) is 26.2. The zero-order valence-electron chi connectivity index (χ0n) is 26.2. The molecule has 3 N–H and O–H groups in total.